The highest BCUT2D eigenvalue weighted by atomic mass is 79.9. The zero-order valence-electron chi connectivity index (χ0n) is 15.9. The van der Waals surface area contributed by atoms with E-state index in [1.54, 1.807) is 24.3 Å². The van der Waals surface area contributed by atoms with Gasteiger partial charge in [0.1, 0.15) is 17.6 Å². The largest absolute Gasteiger partial charge is 0.457 e. The molecular formula is C23H19Br2NO3. The van der Waals surface area contributed by atoms with E-state index < -0.39 is 6.10 Å². The molecule has 0 amide bonds. The Bertz CT molecular complexity index is 1010. The van der Waals surface area contributed by atoms with Crippen molar-refractivity contribution < 1.29 is 14.3 Å². The van der Waals surface area contributed by atoms with E-state index in [0.717, 1.165) is 3.39 Å². The summed E-state index contributed by atoms with van der Waals surface area (Å²) in [5.74, 6) is 1.11. The van der Waals surface area contributed by atoms with Crippen molar-refractivity contribution >= 4 is 37.8 Å². The van der Waals surface area contributed by atoms with Crippen LogP contribution in [0, 0.1) is 34.0 Å². The molecule has 0 aromatic heterocycles. The molecule has 4 nitrogen and oxygen atoms in total. The molecule has 0 bridgehead atoms. The fraction of sp³-hybridized carbons (Fsp3) is 0.304. The van der Waals surface area contributed by atoms with Crippen molar-refractivity contribution in [3.63, 3.8) is 0 Å². The quantitative estimate of drug-likeness (QED) is 0.411. The third kappa shape index (κ3) is 3.31. The number of benzene rings is 2. The predicted molar refractivity (Wildman–Crippen MR) is 117 cm³/mol. The van der Waals surface area contributed by atoms with Gasteiger partial charge in [0.15, 0.2) is 0 Å². The van der Waals surface area contributed by atoms with Gasteiger partial charge in [0.2, 0.25) is 6.10 Å². The van der Waals surface area contributed by atoms with Crippen LogP contribution < -0.4 is 4.74 Å². The maximum Gasteiger partial charge on any atom is 0.311 e. The number of nitrogens with zero attached hydrogens (tertiary/aromatic N) is 1. The molecule has 2 aromatic rings. The average Bonchev–Trinajstić information content (AvgIpc) is 3.41. The number of carbonyl (C=O) groups excluding carboxylic acids is 1. The summed E-state index contributed by atoms with van der Waals surface area (Å²) in [4.78, 5) is 12.8. The predicted octanol–water partition coefficient (Wildman–Crippen LogP) is 6.49. The number of hydrogen-bond acceptors (Lipinski definition) is 4. The minimum atomic E-state index is -0.967. The van der Waals surface area contributed by atoms with E-state index in [9.17, 15) is 10.1 Å². The third-order valence-corrected chi connectivity index (χ3v) is 7.03. The van der Waals surface area contributed by atoms with Gasteiger partial charge in [0.05, 0.1) is 9.31 Å². The Labute approximate surface area is 186 Å². The molecule has 0 heterocycles. The first-order valence-electron chi connectivity index (χ1n) is 9.28. The SMILES string of the molecule is CC12[C@H](C=C(Br)Br)C1(C)[C@@H]2C(=O)O[C@H](C#N)c1cccc(Oc2ccccc2)c1. The van der Waals surface area contributed by atoms with Gasteiger partial charge in [-0.1, -0.05) is 50.3 Å². The average molecular weight is 517 g/mol. The van der Waals surface area contributed by atoms with Crippen LogP contribution in [0.2, 0.25) is 0 Å². The van der Waals surface area contributed by atoms with Gasteiger partial charge in [0.25, 0.3) is 0 Å². The van der Waals surface area contributed by atoms with Gasteiger partial charge in [-0.3, -0.25) is 4.79 Å². The summed E-state index contributed by atoms with van der Waals surface area (Å²) in [6.07, 6.45) is 1.11. The highest BCUT2D eigenvalue weighted by Gasteiger charge is 2.94. The Morgan fingerprint density at radius 2 is 1.76 bits per heavy atom. The van der Waals surface area contributed by atoms with Crippen LogP contribution in [0.25, 0.3) is 0 Å². The van der Waals surface area contributed by atoms with Crippen molar-refractivity contribution in [3.05, 3.63) is 69.6 Å². The molecule has 2 unspecified atom stereocenters. The Morgan fingerprint density at radius 1 is 1.10 bits per heavy atom. The molecule has 2 aliphatic rings. The maximum atomic E-state index is 12.8. The number of ether oxygens (including phenoxy) is 2. The summed E-state index contributed by atoms with van der Waals surface area (Å²) < 4.78 is 12.3. The number of carbonyl (C=O) groups is 1. The lowest BCUT2D eigenvalue weighted by molar-refractivity contribution is -0.151. The zero-order valence-corrected chi connectivity index (χ0v) is 19.1. The smallest absolute Gasteiger partial charge is 0.311 e. The van der Waals surface area contributed by atoms with Crippen LogP contribution in [-0.4, -0.2) is 5.97 Å². The van der Waals surface area contributed by atoms with E-state index in [0.29, 0.717) is 23.0 Å². The minimum Gasteiger partial charge on any atom is -0.457 e. The Hall–Kier alpha value is -2.10. The van der Waals surface area contributed by atoms with Gasteiger partial charge in [-0.15, -0.1) is 0 Å². The summed E-state index contributed by atoms with van der Waals surface area (Å²) in [6.45, 7) is 4.19. The molecule has 2 fully saturated rings. The monoisotopic (exact) mass is 515 g/mol. The first kappa shape index (κ1) is 20.2. The number of nitriles is 1. The van der Waals surface area contributed by atoms with E-state index in [4.69, 9.17) is 9.47 Å². The number of esters is 1. The van der Waals surface area contributed by atoms with Crippen LogP contribution in [0.5, 0.6) is 11.5 Å². The van der Waals surface area contributed by atoms with Gasteiger partial charge in [-0.2, -0.15) is 5.26 Å². The maximum absolute atomic E-state index is 12.8. The molecule has 3 atom stereocenters. The topological polar surface area (TPSA) is 59.3 Å². The second kappa shape index (κ2) is 7.30. The first-order valence-corrected chi connectivity index (χ1v) is 10.9. The van der Waals surface area contributed by atoms with Crippen molar-refractivity contribution in [2.45, 2.75) is 20.0 Å². The fourth-order valence-electron chi connectivity index (χ4n) is 4.70. The lowest BCUT2D eigenvalue weighted by atomic mass is 9.93. The van der Waals surface area contributed by atoms with Gasteiger partial charge in [-0.05, 0) is 72.9 Å². The number of fused-ring (bicyclic) bond motifs is 1. The number of rotatable bonds is 6. The molecule has 6 heteroatoms. The molecule has 0 N–H and O–H groups in total. The summed E-state index contributed by atoms with van der Waals surface area (Å²) in [7, 11) is 0. The second-order valence-corrected chi connectivity index (χ2v) is 10.6. The van der Waals surface area contributed by atoms with E-state index in [-0.39, 0.29) is 22.7 Å². The lowest BCUT2D eigenvalue weighted by Gasteiger charge is -2.19. The van der Waals surface area contributed by atoms with E-state index in [1.807, 2.05) is 30.3 Å². The fourth-order valence-corrected chi connectivity index (χ4v) is 5.23. The van der Waals surface area contributed by atoms with Gasteiger partial charge >= 0.3 is 5.97 Å². The molecule has 2 aliphatic carbocycles. The third-order valence-electron chi connectivity index (χ3n) is 6.50. The van der Waals surface area contributed by atoms with Crippen molar-refractivity contribution in [1.82, 2.24) is 0 Å². The van der Waals surface area contributed by atoms with Crippen LogP contribution in [0.4, 0.5) is 0 Å². The number of halogens is 2. The molecule has 0 aliphatic heterocycles. The Morgan fingerprint density at radius 3 is 2.38 bits per heavy atom. The van der Waals surface area contributed by atoms with Crippen molar-refractivity contribution in [3.8, 4) is 17.6 Å². The zero-order chi connectivity index (χ0) is 20.8. The summed E-state index contributed by atoms with van der Waals surface area (Å²) in [6, 6.07) is 18.6. The summed E-state index contributed by atoms with van der Waals surface area (Å²) >= 11 is 6.77. The lowest BCUT2D eigenvalue weighted by Crippen LogP contribution is -2.23. The molecule has 4 rings (SSSR count). The van der Waals surface area contributed by atoms with Crippen molar-refractivity contribution in [1.29, 1.82) is 5.26 Å². The minimum absolute atomic E-state index is 0.102. The van der Waals surface area contributed by atoms with Crippen LogP contribution in [0.1, 0.15) is 25.5 Å². The second-order valence-electron chi connectivity index (χ2n) is 7.87. The molecule has 0 spiro atoms. The van der Waals surface area contributed by atoms with E-state index in [1.165, 1.54) is 0 Å². The van der Waals surface area contributed by atoms with E-state index in [2.05, 4.69) is 57.9 Å². The number of allylic oxidation sites excluding steroid dienone is 1. The molecular weight excluding hydrogens is 498 g/mol. The van der Waals surface area contributed by atoms with Gasteiger partial charge in [0, 0.05) is 5.56 Å². The summed E-state index contributed by atoms with van der Waals surface area (Å²) in [5, 5.41) is 9.60. The van der Waals surface area contributed by atoms with Crippen LogP contribution in [-0.2, 0) is 9.53 Å². The summed E-state index contributed by atoms with van der Waals surface area (Å²) in [5.41, 5.74) is 0.392. The normalized spacial score (nSPS) is 29.6. The molecule has 2 aromatic carbocycles. The first-order chi connectivity index (χ1) is 13.8. The molecule has 2 saturated carbocycles. The Balaban J connectivity index is 1.44. The molecule has 29 heavy (non-hydrogen) atoms. The number of para-hydroxylation sites is 1. The Kier molecular flexibility index (Phi) is 5.08. The molecule has 0 radical (unpaired) electrons. The van der Waals surface area contributed by atoms with Crippen LogP contribution >= 0.6 is 31.9 Å². The molecule has 0 saturated heterocycles. The number of hydrogen-bond donors (Lipinski definition) is 0. The van der Waals surface area contributed by atoms with Crippen molar-refractivity contribution in [2.24, 2.45) is 22.7 Å². The highest BCUT2D eigenvalue weighted by molar-refractivity contribution is 9.28. The van der Waals surface area contributed by atoms with Gasteiger partial charge < -0.3 is 9.47 Å². The van der Waals surface area contributed by atoms with E-state index >= 15 is 0 Å². The van der Waals surface area contributed by atoms with Crippen LogP contribution in [0.3, 0.4) is 0 Å². The van der Waals surface area contributed by atoms with Gasteiger partial charge in [-0.25, -0.2) is 0 Å². The highest BCUT2D eigenvalue weighted by Crippen LogP contribution is 2.94. The standard InChI is InChI=1S/C23H19Br2NO3/c1-22-18(12-19(24)25)23(22,2)20(22)21(27)29-17(13-26)14-7-6-10-16(11-14)28-15-8-4-3-5-9-15/h3-12,17-18,20H,1-2H3/t17-,18-,20+,22?,23?/m1/s1. The molecule has 148 valence electrons. The van der Waals surface area contributed by atoms with Crippen molar-refractivity contribution in [2.75, 3.05) is 0 Å². The van der Waals surface area contributed by atoms with Crippen LogP contribution in [0.15, 0.2) is 64.1 Å².